The molecule has 2 aromatic carbocycles. The number of nitrogens with one attached hydrogen (secondary N) is 1. The topological polar surface area (TPSA) is 47.6 Å². The standard InChI is InChI=1S/C20H25NO3/c1-14(2)24-18-8-5-16(6-9-18)13-21-20(22)12-17-7-10-19(23-4)15(3)11-17/h5-11,14H,12-13H2,1-4H3,(H,21,22). The molecule has 0 aliphatic carbocycles. The van der Waals surface area contributed by atoms with Crippen LogP contribution in [0.4, 0.5) is 0 Å². The van der Waals surface area contributed by atoms with E-state index in [0.29, 0.717) is 13.0 Å². The van der Waals surface area contributed by atoms with Crippen molar-refractivity contribution in [2.45, 2.75) is 39.8 Å². The SMILES string of the molecule is COc1ccc(CC(=O)NCc2ccc(OC(C)C)cc2)cc1C. The molecule has 4 nitrogen and oxygen atoms in total. The zero-order valence-corrected chi connectivity index (χ0v) is 14.8. The molecule has 0 aliphatic rings. The predicted octanol–water partition coefficient (Wildman–Crippen LogP) is 3.65. The highest BCUT2D eigenvalue weighted by molar-refractivity contribution is 5.78. The minimum atomic E-state index is 0.00192. The van der Waals surface area contributed by atoms with E-state index in [1.54, 1.807) is 7.11 Å². The van der Waals surface area contributed by atoms with Crippen molar-refractivity contribution in [1.82, 2.24) is 5.32 Å². The molecule has 2 rings (SSSR count). The monoisotopic (exact) mass is 327 g/mol. The van der Waals surface area contributed by atoms with E-state index in [1.807, 2.05) is 63.2 Å². The predicted molar refractivity (Wildman–Crippen MR) is 95.5 cm³/mol. The van der Waals surface area contributed by atoms with Gasteiger partial charge in [-0.3, -0.25) is 4.79 Å². The molecule has 24 heavy (non-hydrogen) atoms. The maximum absolute atomic E-state index is 12.1. The zero-order valence-electron chi connectivity index (χ0n) is 14.8. The van der Waals surface area contributed by atoms with Crippen LogP contribution >= 0.6 is 0 Å². The van der Waals surface area contributed by atoms with Gasteiger partial charge in [-0.2, -0.15) is 0 Å². The maximum atomic E-state index is 12.1. The second-order valence-electron chi connectivity index (χ2n) is 6.07. The van der Waals surface area contributed by atoms with Gasteiger partial charge in [0.15, 0.2) is 0 Å². The van der Waals surface area contributed by atoms with Gasteiger partial charge in [0.25, 0.3) is 0 Å². The molecule has 0 saturated heterocycles. The Morgan fingerprint density at radius 1 is 1.08 bits per heavy atom. The summed E-state index contributed by atoms with van der Waals surface area (Å²) in [5, 5.41) is 2.94. The second kappa shape index (κ2) is 8.39. The Labute approximate surface area is 143 Å². The van der Waals surface area contributed by atoms with Gasteiger partial charge in [0, 0.05) is 6.54 Å². The van der Waals surface area contributed by atoms with E-state index < -0.39 is 0 Å². The van der Waals surface area contributed by atoms with Crippen LogP contribution in [0.15, 0.2) is 42.5 Å². The molecule has 2 aromatic rings. The Morgan fingerprint density at radius 3 is 2.33 bits per heavy atom. The van der Waals surface area contributed by atoms with Crippen molar-refractivity contribution in [2.24, 2.45) is 0 Å². The third-order valence-corrected chi connectivity index (χ3v) is 3.61. The zero-order chi connectivity index (χ0) is 17.5. The van der Waals surface area contributed by atoms with Gasteiger partial charge in [0.1, 0.15) is 11.5 Å². The van der Waals surface area contributed by atoms with Gasteiger partial charge in [-0.1, -0.05) is 24.3 Å². The summed E-state index contributed by atoms with van der Waals surface area (Å²) in [7, 11) is 1.65. The number of carbonyl (C=O) groups excluding carboxylic acids is 1. The van der Waals surface area contributed by atoms with Crippen LogP contribution in [0.25, 0.3) is 0 Å². The lowest BCUT2D eigenvalue weighted by Crippen LogP contribution is -2.24. The van der Waals surface area contributed by atoms with Crippen LogP contribution in [0.3, 0.4) is 0 Å². The highest BCUT2D eigenvalue weighted by Crippen LogP contribution is 2.19. The van der Waals surface area contributed by atoms with Crippen molar-refractivity contribution in [3.8, 4) is 11.5 Å². The minimum absolute atomic E-state index is 0.00192. The van der Waals surface area contributed by atoms with Crippen molar-refractivity contribution >= 4 is 5.91 Å². The quantitative estimate of drug-likeness (QED) is 0.844. The van der Waals surface area contributed by atoms with Gasteiger partial charge >= 0.3 is 0 Å². The Morgan fingerprint density at radius 2 is 1.75 bits per heavy atom. The first-order chi connectivity index (χ1) is 11.5. The van der Waals surface area contributed by atoms with E-state index >= 15 is 0 Å². The van der Waals surface area contributed by atoms with Gasteiger partial charge in [0.2, 0.25) is 5.91 Å². The molecule has 0 aromatic heterocycles. The summed E-state index contributed by atoms with van der Waals surface area (Å²) in [6.07, 6.45) is 0.517. The summed E-state index contributed by atoms with van der Waals surface area (Å²) >= 11 is 0. The van der Waals surface area contributed by atoms with Crippen LogP contribution < -0.4 is 14.8 Å². The van der Waals surface area contributed by atoms with E-state index in [9.17, 15) is 4.79 Å². The molecule has 0 saturated carbocycles. The maximum Gasteiger partial charge on any atom is 0.224 e. The third-order valence-electron chi connectivity index (χ3n) is 3.61. The average molecular weight is 327 g/mol. The Kier molecular flexibility index (Phi) is 6.24. The van der Waals surface area contributed by atoms with Gasteiger partial charge in [-0.25, -0.2) is 0 Å². The molecule has 1 N–H and O–H groups in total. The van der Waals surface area contributed by atoms with Crippen molar-refractivity contribution in [2.75, 3.05) is 7.11 Å². The number of aryl methyl sites for hydroxylation is 1. The number of rotatable bonds is 7. The molecule has 0 atom stereocenters. The lowest BCUT2D eigenvalue weighted by molar-refractivity contribution is -0.120. The summed E-state index contributed by atoms with van der Waals surface area (Å²) in [5.41, 5.74) is 3.06. The number of hydrogen-bond donors (Lipinski definition) is 1. The Bertz CT molecular complexity index is 678. The van der Waals surface area contributed by atoms with E-state index in [4.69, 9.17) is 9.47 Å². The van der Waals surface area contributed by atoms with Crippen molar-refractivity contribution in [3.63, 3.8) is 0 Å². The van der Waals surface area contributed by atoms with Crippen LogP contribution in [0.2, 0.25) is 0 Å². The fraction of sp³-hybridized carbons (Fsp3) is 0.350. The smallest absolute Gasteiger partial charge is 0.224 e. The first-order valence-corrected chi connectivity index (χ1v) is 8.13. The molecule has 1 amide bonds. The molecule has 0 unspecified atom stereocenters. The number of methoxy groups -OCH3 is 1. The van der Waals surface area contributed by atoms with Crippen LogP contribution in [-0.2, 0) is 17.8 Å². The molecular weight excluding hydrogens is 302 g/mol. The van der Waals surface area contributed by atoms with E-state index in [-0.39, 0.29) is 12.0 Å². The summed E-state index contributed by atoms with van der Waals surface area (Å²) in [6.45, 7) is 6.47. The molecule has 128 valence electrons. The number of ether oxygens (including phenoxy) is 2. The number of amides is 1. The number of hydrogen-bond acceptors (Lipinski definition) is 3. The van der Waals surface area contributed by atoms with Crippen molar-refractivity contribution in [1.29, 1.82) is 0 Å². The van der Waals surface area contributed by atoms with Gasteiger partial charge in [0.05, 0.1) is 19.6 Å². The third kappa shape index (κ3) is 5.30. The molecular formula is C20H25NO3. The molecule has 0 heterocycles. The van der Waals surface area contributed by atoms with E-state index in [0.717, 1.165) is 28.2 Å². The van der Waals surface area contributed by atoms with Gasteiger partial charge in [-0.05, 0) is 55.7 Å². The van der Waals surface area contributed by atoms with Gasteiger partial charge < -0.3 is 14.8 Å². The largest absolute Gasteiger partial charge is 0.496 e. The first-order valence-electron chi connectivity index (χ1n) is 8.13. The fourth-order valence-electron chi connectivity index (χ4n) is 2.46. The minimum Gasteiger partial charge on any atom is -0.496 e. The van der Waals surface area contributed by atoms with E-state index in [2.05, 4.69) is 5.32 Å². The number of benzene rings is 2. The highest BCUT2D eigenvalue weighted by atomic mass is 16.5. The van der Waals surface area contributed by atoms with Crippen LogP contribution in [0, 0.1) is 6.92 Å². The van der Waals surface area contributed by atoms with Crippen molar-refractivity contribution < 1.29 is 14.3 Å². The number of carbonyl (C=O) groups is 1. The van der Waals surface area contributed by atoms with Crippen LogP contribution in [-0.4, -0.2) is 19.1 Å². The summed E-state index contributed by atoms with van der Waals surface area (Å²) in [4.78, 5) is 12.1. The first kappa shape index (κ1) is 17.9. The second-order valence-corrected chi connectivity index (χ2v) is 6.07. The fourth-order valence-corrected chi connectivity index (χ4v) is 2.46. The Balaban J connectivity index is 1.85. The molecule has 0 aliphatic heterocycles. The molecule has 0 radical (unpaired) electrons. The summed E-state index contributed by atoms with van der Waals surface area (Å²) in [6, 6.07) is 13.6. The highest BCUT2D eigenvalue weighted by Gasteiger charge is 2.06. The molecule has 4 heteroatoms. The molecule has 0 spiro atoms. The molecule has 0 fully saturated rings. The average Bonchev–Trinajstić information content (AvgIpc) is 2.54. The summed E-state index contributed by atoms with van der Waals surface area (Å²) < 4.78 is 10.8. The van der Waals surface area contributed by atoms with Gasteiger partial charge in [-0.15, -0.1) is 0 Å². The molecule has 0 bridgehead atoms. The van der Waals surface area contributed by atoms with Crippen LogP contribution in [0.5, 0.6) is 11.5 Å². The van der Waals surface area contributed by atoms with Crippen LogP contribution in [0.1, 0.15) is 30.5 Å². The van der Waals surface area contributed by atoms with Crippen molar-refractivity contribution in [3.05, 3.63) is 59.2 Å². The lowest BCUT2D eigenvalue weighted by atomic mass is 10.1. The Hall–Kier alpha value is -2.49. The van der Waals surface area contributed by atoms with E-state index in [1.165, 1.54) is 0 Å². The summed E-state index contributed by atoms with van der Waals surface area (Å²) in [5.74, 6) is 1.68. The lowest BCUT2D eigenvalue weighted by Gasteiger charge is -2.11. The normalized spacial score (nSPS) is 10.5.